The SMILES string of the molecule is CC1CC(N)(C2CCC2)C1. The van der Waals surface area contributed by atoms with E-state index in [-0.39, 0.29) is 5.54 Å². The van der Waals surface area contributed by atoms with Crippen LogP contribution >= 0.6 is 0 Å². The molecule has 58 valence electrons. The Balaban J connectivity index is 1.91. The molecule has 2 aliphatic carbocycles. The van der Waals surface area contributed by atoms with E-state index in [1.165, 1.54) is 32.1 Å². The maximum atomic E-state index is 6.20. The van der Waals surface area contributed by atoms with Crippen LogP contribution < -0.4 is 5.73 Å². The molecular weight excluding hydrogens is 122 g/mol. The van der Waals surface area contributed by atoms with Crippen LogP contribution in [0.5, 0.6) is 0 Å². The van der Waals surface area contributed by atoms with E-state index in [1.54, 1.807) is 0 Å². The Hall–Kier alpha value is -0.0400. The molecule has 0 radical (unpaired) electrons. The van der Waals surface area contributed by atoms with Crippen molar-refractivity contribution in [2.45, 2.75) is 44.6 Å². The highest BCUT2D eigenvalue weighted by Crippen LogP contribution is 2.48. The summed E-state index contributed by atoms with van der Waals surface area (Å²) in [7, 11) is 0. The van der Waals surface area contributed by atoms with Gasteiger partial charge in [-0.05, 0) is 37.5 Å². The summed E-state index contributed by atoms with van der Waals surface area (Å²) in [5.41, 5.74) is 6.49. The van der Waals surface area contributed by atoms with E-state index in [0.717, 1.165) is 11.8 Å². The molecule has 0 atom stereocenters. The summed E-state index contributed by atoms with van der Waals surface area (Å²) in [6.07, 6.45) is 6.82. The predicted octanol–water partition coefficient (Wildman–Crippen LogP) is 1.91. The van der Waals surface area contributed by atoms with E-state index in [1.807, 2.05) is 0 Å². The molecule has 0 aromatic rings. The van der Waals surface area contributed by atoms with E-state index in [9.17, 15) is 0 Å². The van der Waals surface area contributed by atoms with Crippen LogP contribution in [0, 0.1) is 11.8 Å². The molecule has 1 heteroatoms. The molecule has 0 aliphatic heterocycles. The van der Waals surface area contributed by atoms with Crippen LogP contribution in [-0.2, 0) is 0 Å². The van der Waals surface area contributed by atoms with Gasteiger partial charge in [-0.2, -0.15) is 0 Å². The van der Waals surface area contributed by atoms with Crippen molar-refractivity contribution < 1.29 is 0 Å². The van der Waals surface area contributed by atoms with Gasteiger partial charge in [0.25, 0.3) is 0 Å². The number of hydrogen-bond donors (Lipinski definition) is 1. The lowest BCUT2D eigenvalue weighted by Gasteiger charge is -2.52. The fourth-order valence-electron chi connectivity index (χ4n) is 2.55. The minimum atomic E-state index is 0.289. The molecule has 2 rings (SSSR count). The molecule has 0 bridgehead atoms. The molecule has 10 heavy (non-hydrogen) atoms. The zero-order valence-electron chi connectivity index (χ0n) is 6.77. The van der Waals surface area contributed by atoms with Crippen molar-refractivity contribution in [3.05, 3.63) is 0 Å². The molecule has 0 spiro atoms. The zero-order valence-corrected chi connectivity index (χ0v) is 6.77. The first-order valence-corrected chi connectivity index (χ1v) is 4.49. The third kappa shape index (κ3) is 0.800. The molecule has 2 saturated carbocycles. The third-order valence-corrected chi connectivity index (χ3v) is 3.38. The van der Waals surface area contributed by atoms with Crippen LogP contribution in [0.1, 0.15) is 39.0 Å². The largest absolute Gasteiger partial charge is 0.325 e. The Morgan fingerprint density at radius 1 is 1.30 bits per heavy atom. The molecule has 0 aromatic heterocycles. The first-order chi connectivity index (χ1) is 4.71. The van der Waals surface area contributed by atoms with Crippen molar-refractivity contribution >= 4 is 0 Å². The third-order valence-electron chi connectivity index (χ3n) is 3.38. The maximum absolute atomic E-state index is 6.20. The average molecular weight is 139 g/mol. The molecular formula is C9H17N. The van der Waals surface area contributed by atoms with E-state index in [4.69, 9.17) is 5.73 Å². The lowest BCUT2D eigenvalue weighted by molar-refractivity contribution is 0.0468. The number of rotatable bonds is 1. The van der Waals surface area contributed by atoms with Crippen molar-refractivity contribution in [1.29, 1.82) is 0 Å². The fourth-order valence-corrected chi connectivity index (χ4v) is 2.55. The molecule has 2 aliphatic rings. The number of nitrogens with two attached hydrogens (primary N) is 1. The van der Waals surface area contributed by atoms with E-state index in [2.05, 4.69) is 6.92 Å². The Labute approximate surface area is 63.0 Å². The van der Waals surface area contributed by atoms with Crippen molar-refractivity contribution in [1.82, 2.24) is 0 Å². The molecule has 1 nitrogen and oxygen atoms in total. The summed E-state index contributed by atoms with van der Waals surface area (Å²) in [6, 6.07) is 0. The first kappa shape index (κ1) is 6.66. The molecule has 0 amide bonds. The maximum Gasteiger partial charge on any atom is 0.0188 e. The van der Waals surface area contributed by atoms with Gasteiger partial charge in [-0.1, -0.05) is 13.3 Å². The zero-order chi connectivity index (χ0) is 7.19. The smallest absolute Gasteiger partial charge is 0.0188 e. The van der Waals surface area contributed by atoms with Crippen molar-refractivity contribution in [2.75, 3.05) is 0 Å². The molecule has 0 heterocycles. The van der Waals surface area contributed by atoms with E-state index in [0.29, 0.717) is 0 Å². The second-order valence-electron chi connectivity index (χ2n) is 4.37. The lowest BCUT2D eigenvalue weighted by Crippen LogP contribution is -2.58. The summed E-state index contributed by atoms with van der Waals surface area (Å²) >= 11 is 0. The Morgan fingerprint density at radius 2 is 1.90 bits per heavy atom. The molecule has 0 unspecified atom stereocenters. The first-order valence-electron chi connectivity index (χ1n) is 4.49. The van der Waals surface area contributed by atoms with Gasteiger partial charge in [0.1, 0.15) is 0 Å². The number of hydrogen-bond acceptors (Lipinski definition) is 1. The molecule has 0 saturated heterocycles. The van der Waals surface area contributed by atoms with Gasteiger partial charge in [-0.15, -0.1) is 0 Å². The highest BCUT2D eigenvalue weighted by molar-refractivity contribution is 5.03. The second-order valence-corrected chi connectivity index (χ2v) is 4.37. The highest BCUT2D eigenvalue weighted by Gasteiger charge is 2.46. The fraction of sp³-hybridized carbons (Fsp3) is 1.00. The van der Waals surface area contributed by atoms with E-state index < -0.39 is 0 Å². The minimum absolute atomic E-state index is 0.289. The van der Waals surface area contributed by atoms with Gasteiger partial charge in [-0.3, -0.25) is 0 Å². The molecule has 2 N–H and O–H groups in total. The van der Waals surface area contributed by atoms with Crippen LogP contribution in [0.4, 0.5) is 0 Å². The van der Waals surface area contributed by atoms with Crippen molar-refractivity contribution in [3.63, 3.8) is 0 Å². The Morgan fingerprint density at radius 3 is 2.20 bits per heavy atom. The Kier molecular flexibility index (Phi) is 1.31. The van der Waals surface area contributed by atoms with Crippen molar-refractivity contribution in [2.24, 2.45) is 17.6 Å². The van der Waals surface area contributed by atoms with Gasteiger partial charge in [0.15, 0.2) is 0 Å². The van der Waals surface area contributed by atoms with Crippen LogP contribution in [0.25, 0.3) is 0 Å². The molecule has 2 fully saturated rings. The van der Waals surface area contributed by atoms with Crippen LogP contribution in [-0.4, -0.2) is 5.54 Å². The summed E-state index contributed by atoms with van der Waals surface area (Å²) in [5, 5.41) is 0. The lowest BCUT2D eigenvalue weighted by atomic mass is 9.58. The van der Waals surface area contributed by atoms with Crippen molar-refractivity contribution in [3.8, 4) is 0 Å². The summed E-state index contributed by atoms with van der Waals surface area (Å²) in [5.74, 6) is 1.80. The topological polar surface area (TPSA) is 26.0 Å². The van der Waals surface area contributed by atoms with Crippen LogP contribution in [0.15, 0.2) is 0 Å². The van der Waals surface area contributed by atoms with Gasteiger partial charge >= 0.3 is 0 Å². The summed E-state index contributed by atoms with van der Waals surface area (Å²) in [4.78, 5) is 0. The molecule has 0 aromatic carbocycles. The van der Waals surface area contributed by atoms with E-state index >= 15 is 0 Å². The van der Waals surface area contributed by atoms with Gasteiger partial charge in [-0.25, -0.2) is 0 Å². The second kappa shape index (κ2) is 1.97. The average Bonchev–Trinajstić information content (AvgIpc) is 1.54. The minimum Gasteiger partial charge on any atom is -0.325 e. The highest BCUT2D eigenvalue weighted by atomic mass is 14.8. The normalized spacial score (nSPS) is 48.0. The van der Waals surface area contributed by atoms with Gasteiger partial charge in [0, 0.05) is 5.54 Å². The summed E-state index contributed by atoms with van der Waals surface area (Å²) < 4.78 is 0. The monoisotopic (exact) mass is 139 g/mol. The van der Waals surface area contributed by atoms with Gasteiger partial charge in [0.05, 0.1) is 0 Å². The Bertz CT molecular complexity index is 132. The van der Waals surface area contributed by atoms with Gasteiger partial charge < -0.3 is 5.73 Å². The van der Waals surface area contributed by atoms with Crippen LogP contribution in [0.2, 0.25) is 0 Å². The summed E-state index contributed by atoms with van der Waals surface area (Å²) in [6.45, 7) is 2.31. The standard InChI is InChI=1S/C9H17N/c1-7-5-9(10,6-7)8-3-2-4-8/h7-8H,2-6,10H2,1H3. The van der Waals surface area contributed by atoms with Gasteiger partial charge in [0.2, 0.25) is 0 Å². The quantitative estimate of drug-likeness (QED) is 0.590. The van der Waals surface area contributed by atoms with Crippen LogP contribution in [0.3, 0.4) is 0 Å². The predicted molar refractivity (Wildman–Crippen MR) is 42.7 cm³/mol.